The minimum absolute atomic E-state index is 0.0157. The van der Waals surface area contributed by atoms with Gasteiger partial charge < -0.3 is 8.83 Å². The number of nitrogens with zero attached hydrogens (tertiary/aromatic N) is 3. The number of fused-ring (bicyclic) bond motifs is 6. The van der Waals surface area contributed by atoms with Gasteiger partial charge in [-0.3, -0.25) is 0 Å². The van der Waals surface area contributed by atoms with Gasteiger partial charge in [-0.25, -0.2) is 15.0 Å². The van der Waals surface area contributed by atoms with Crippen LogP contribution in [0.3, 0.4) is 0 Å². The van der Waals surface area contributed by atoms with Crippen LogP contribution >= 0.6 is 0 Å². The van der Waals surface area contributed by atoms with E-state index in [9.17, 15) is 4.11 Å². The molecule has 0 spiro atoms. The van der Waals surface area contributed by atoms with Crippen LogP contribution in [0.1, 0.15) is 8.22 Å². The molecule has 10 aromatic rings. The minimum Gasteiger partial charge on any atom is -0.455 e. The SMILES string of the molecule is [2H]c1c([2H])c([2H])c2c(oc3c([2H])c(-c4nc(-c5ccccc5)nc(-c5cccc6c5oc5ccccc56)n4)c([2H])c([2H])c32)c1-c1ccc(-c2ccccc2)cc1. The molecule has 0 saturated heterocycles. The van der Waals surface area contributed by atoms with Crippen LogP contribution in [0, 0.1) is 0 Å². The standard InChI is InChI=1S/C45H27N3O2/c1-3-11-28(12-4-1)29-21-23-30(24-22-29)33-16-9-17-37-35-26-25-32(27-40(35)50-41(33)37)44-46-43(31-13-5-2-6-14-31)47-45(48-44)38-19-10-18-36-34-15-7-8-20-39(34)49-42(36)38/h1-27H/i9D,16D,17D,25D,26D,27D. The van der Waals surface area contributed by atoms with Crippen molar-refractivity contribution in [3.63, 3.8) is 0 Å². The molecule has 7 aromatic carbocycles. The van der Waals surface area contributed by atoms with E-state index in [0.717, 1.165) is 21.9 Å². The molecule has 0 aliphatic rings. The summed E-state index contributed by atoms with van der Waals surface area (Å²) in [5.41, 5.74) is 5.31. The monoisotopic (exact) mass is 647 g/mol. The highest BCUT2D eigenvalue weighted by Gasteiger charge is 2.19. The first-order valence-electron chi connectivity index (χ1n) is 19.1. The van der Waals surface area contributed by atoms with E-state index in [1.165, 1.54) is 0 Å². The third kappa shape index (κ3) is 4.67. The Kier molecular flexibility index (Phi) is 5.17. The second-order valence-electron chi connectivity index (χ2n) is 11.9. The van der Waals surface area contributed by atoms with E-state index >= 15 is 0 Å². The van der Waals surface area contributed by atoms with Gasteiger partial charge in [0.2, 0.25) is 0 Å². The summed E-state index contributed by atoms with van der Waals surface area (Å²) in [5.74, 6) is 0.528. The predicted molar refractivity (Wildman–Crippen MR) is 202 cm³/mol. The first-order chi connectivity index (χ1) is 27.3. The Hall–Kier alpha value is -6.85. The molecule has 5 heteroatoms. The smallest absolute Gasteiger partial charge is 0.167 e. The summed E-state index contributed by atoms with van der Waals surface area (Å²) >= 11 is 0. The maximum absolute atomic E-state index is 9.51. The molecule has 0 amide bonds. The largest absolute Gasteiger partial charge is 0.455 e. The van der Waals surface area contributed by atoms with Crippen molar-refractivity contribution >= 4 is 43.9 Å². The van der Waals surface area contributed by atoms with E-state index in [4.69, 9.17) is 27.9 Å². The van der Waals surface area contributed by atoms with Gasteiger partial charge in [0, 0.05) is 38.2 Å². The molecule has 10 rings (SSSR count). The lowest BCUT2D eigenvalue weighted by Crippen LogP contribution is -2.00. The normalized spacial score (nSPS) is 13.3. The van der Waals surface area contributed by atoms with Crippen LogP contribution in [0.4, 0.5) is 0 Å². The van der Waals surface area contributed by atoms with Crippen LogP contribution in [-0.4, -0.2) is 15.0 Å². The molecule has 0 aliphatic heterocycles. The Bertz CT molecular complexity index is 3200. The molecular formula is C45H27N3O2. The number of furan rings is 2. The lowest BCUT2D eigenvalue weighted by atomic mass is 9.99. The van der Waals surface area contributed by atoms with Gasteiger partial charge in [0.05, 0.1) is 13.8 Å². The fourth-order valence-corrected chi connectivity index (χ4v) is 6.44. The Morgan fingerprint density at radius 1 is 0.380 bits per heavy atom. The first-order valence-corrected chi connectivity index (χ1v) is 16.1. The van der Waals surface area contributed by atoms with E-state index in [-0.39, 0.29) is 81.0 Å². The highest BCUT2D eigenvalue weighted by Crippen LogP contribution is 2.39. The lowest BCUT2D eigenvalue weighted by Gasteiger charge is -2.08. The van der Waals surface area contributed by atoms with Crippen LogP contribution in [-0.2, 0) is 0 Å². The summed E-state index contributed by atoms with van der Waals surface area (Å²) in [6, 6.07) is 38.3. The molecule has 0 fully saturated rings. The van der Waals surface area contributed by atoms with Gasteiger partial charge in [-0.05, 0) is 40.9 Å². The van der Waals surface area contributed by atoms with E-state index in [2.05, 4.69) is 0 Å². The number of aromatic nitrogens is 3. The van der Waals surface area contributed by atoms with Crippen LogP contribution in [0.25, 0.3) is 100 Å². The average Bonchev–Trinajstić information content (AvgIpc) is 3.83. The highest BCUT2D eigenvalue weighted by molar-refractivity contribution is 6.11. The van der Waals surface area contributed by atoms with E-state index in [1.807, 2.05) is 127 Å². The van der Waals surface area contributed by atoms with Crippen molar-refractivity contribution in [2.24, 2.45) is 0 Å². The molecule has 50 heavy (non-hydrogen) atoms. The van der Waals surface area contributed by atoms with Gasteiger partial charge in [-0.15, -0.1) is 0 Å². The molecule has 0 aliphatic carbocycles. The zero-order valence-corrected chi connectivity index (χ0v) is 26.3. The van der Waals surface area contributed by atoms with Crippen molar-refractivity contribution in [1.29, 1.82) is 0 Å². The molecule has 0 bridgehead atoms. The van der Waals surface area contributed by atoms with Crippen molar-refractivity contribution in [3.05, 3.63) is 164 Å². The lowest BCUT2D eigenvalue weighted by molar-refractivity contribution is 0.669. The molecule has 0 saturated carbocycles. The second kappa shape index (κ2) is 11.4. The summed E-state index contributed by atoms with van der Waals surface area (Å²) in [5, 5.41) is 1.95. The van der Waals surface area contributed by atoms with Gasteiger partial charge in [0.15, 0.2) is 17.5 Å². The summed E-state index contributed by atoms with van der Waals surface area (Å²) in [6.45, 7) is 0. The highest BCUT2D eigenvalue weighted by atomic mass is 16.3. The van der Waals surface area contributed by atoms with Gasteiger partial charge in [-0.2, -0.15) is 0 Å². The maximum Gasteiger partial charge on any atom is 0.167 e. The van der Waals surface area contributed by atoms with Crippen LogP contribution < -0.4 is 0 Å². The first kappa shape index (κ1) is 22.7. The van der Waals surface area contributed by atoms with Crippen LogP contribution in [0.15, 0.2) is 172 Å². The fourth-order valence-electron chi connectivity index (χ4n) is 6.44. The summed E-state index contributed by atoms with van der Waals surface area (Å²) in [4.78, 5) is 14.5. The van der Waals surface area contributed by atoms with Crippen LogP contribution in [0.2, 0.25) is 0 Å². The van der Waals surface area contributed by atoms with Gasteiger partial charge in [0.25, 0.3) is 0 Å². The van der Waals surface area contributed by atoms with E-state index in [0.29, 0.717) is 33.7 Å². The summed E-state index contributed by atoms with van der Waals surface area (Å²) < 4.78 is 67.5. The maximum atomic E-state index is 9.51. The Balaban J connectivity index is 1.22. The Morgan fingerprint density at radius 2 is 1.00 bits per heavy atom. The third-order valence-corrected chi connectivity index (χ3v) is 8.88. The van der Waals surface area contributed by atoms with Crippen LogP contribution in [0.5, 0.6) is 0 Å². The Labute approximate surface area is 295 Å². The number of hydrogen-bond donors (Lipinski definition) is 0. The molecule has 3 aromatic heterocycles. The van der Waals surface area contributed by atoms with Crippen molar-refractivity contribution in [1.82, 2.24) is 15.0 Å². The van der Waals surface area contributed by atoms with Gasteiger partial charge in [-0.1, -0.05) is 139 Å². The molecule has 3 heterocycles. The number of benzene rings is 7. The molecule has 234 valence electrons. The predicted octanol–water partition coefficient (Wildman–Crippen LogP) is 12.0. The number of para-hydroxylation sites is 3. The van der Waals surface area contributed by atoms with E-state index in [1.54, 1.807) is 0 Å². The van der Waals surface area contributed by atoms with Crippen molar-refractivity contribution in [2.45, 2.75) is 0 Å². The van der Waals surface area contributed by atoms with Gasteiger partial charge in [0.1, 0.15) is 22.3 Å². The second-order valence-corrected chi connectivity index (χ2v) is 11.9. The van der Waals surface area contributed by atoms with E-state index < -0.39 is 0 Å². The summed E-state index contributed by atoms with van der Waals surface area (Å²) in [6.07, 6.45) is 0. The van der Waals surface area contributed by atoms with Crippen molar-refractivity contribution in [2.75, 3.05) is 0 Å². The summed E-state index contributed by atoms with van der Waals surface area (Å²) in [7, 11) is 0. The zero-order chi connectivity index (χ0) is 38.2. The number of hydrogen-bond acceptors (Lipinski definition) is 5. The Morgan fingerprint density at radius 3 is 1.82 bits per heavy atom. The molecule has 0 N–H and O–H groups in total. The molecular weight excluding hydrogens is 615 g/mol. The fraction of sp³-hybridized carbons (Fsp3) is 0. The minimum atomic E-state index is -0.349. The van der Waals surface area contributed by atoms with Crippen molar-refractivity contribution in [3.8, 4) is 56.4 Å². The molecule has 0 unspecified atom stereocenters. The molecule has 5 nitrogen and oxygen atoms in total. The quantitative estimate of drug-likeness (QED) is 0.186. The zero-order valence-electron chi connectivity index (χ0n) is 32.3. The van der Waals surface area contributed by atoms with Crippen molar-refractivity contribution < 1.29 is 17.1 Å². The number of rotatable bonds is 5. The topological polar surface area (TPSA) is 65.0 Å². The molecule has 0 radical (unpaired) electrons. The third-order valence-electron chi connectivity index (χ3n) is 8.88. The van der Waals surface area contributed by atoms with Gasteiger partial charge >= 0.3 is 0 Å². The average molecular weight is 648 g/mol. The molecule has 0 atom stereocenters.